The van der Waals surface area contributed by atoms with Gasteiger partial charge in [0.2, 0.25) is 0 Å². The van der Waals surface area contributed by atoms with Gasteiger partial charge in [0, 0.05) is 0 Å². The van der Waals surface area contributed by atoms with Crippen LogP contribution in [0.4, 0.5) is 0 Å². The molecule has 0 heterocycles. The van der Waals surface area contributed by atoms with E-state index in [1.54, 1.807) is 0 Å². The van der Waals surface area contributed by atoms with E-state index in [0.717, 1.165) is 0 Å². The van der Waals surface area contributed by atoms with Gasteiger partial charge < -0.3 is 17.5 Å². The minimum Gasteiger partial charge on any atom is -0.854 e. The van der Waals surface area contributed by atoms with Crippen molar-refractivity contribution in [3.63, 3.8) is 0 Å². The molecule has 0 saturated carbocycles. The first-order valence-corrected chi connectivity index (χ1v) is 2.79. The molecule has 1 nitrogen and oxygen atoms in total. The summed E-state index contributed by atoms with van der Waals surface area (Å²) in [5.74, 6) is 2.62. The average Bonchev–Trinajstić information content (AvgIpc) is 1.68. The van der Waals surface area contributed by atoms with Crippen molar-refractivity contribution in [2.45, 2.75) is 19.8 Å². The van der Waals surface area contributed by atoms with Crippen LogP contribution in [0.1, 0.15) is 19.8 Å². The number of hydrogen-bond acceptors (Lipinski definition) is 1. The Morgan fingerprint density at radius 3 is 2.30 bits per heavy atom. The molecular formula is C7H10Li2O. The smallest absolute Gasteiger partial charge is 0.854 e. The molecule has 0 aromatic rings. The second kappa shape index (κ2) is 12.4. The third-order valence-corrected chi connectivity index (χ3v) is 1.06. The Labute approximate surface area is 87.3 Å². The summed E-state index contributed by atoms with van der Waals surface area (Å²) in [5.41, 5.74) is 0. The number of hydrogen-bond donors (Lipinski definition) is 0. The van der Waals surface area contributed by atoms with Crippen LogP contribution in [0.15, 0.2) is 0 Å². The van der Waals surface area contributed by atoms with E-state index < -0.39 is 0 Å². The predicted octanol–water partition coefficient (Wildman–Crippen LogP) is -5.64. The van der Waals surface area contributed by atoms with Crippen molar-refractivity contribution in [2.24, 2.45) is 5.92 Å². The van der Waals surface area contributed by atoms with Gasteiger partial charge in [-0.25, -0.2) is 0 Å². The monoisotopic (exact) mass is 124 g/mol. The maximum absolute atomic E-state index is 9.93. The van der Waals surface area contributed by atoms with Gasteiger partial charge in [-0.15, -0.1) is 6.61 Å². The van der Waals surface area contributed by atoms with Gasteiger partial charge in [0.1, 0.15) is 0 Å². The first-order chi connectivity index (χ1) is 3.81. The number of rotatable bonds is 3. The topological polar surface area (TPSA) is 23.1 Å². The first kappa shape index (κ1) is 17.0. The SMILES string of the molecule is [C-]#CC[C@@H](C)CC[O-].[Li+].[Li+]. The second-order valence-corrected chi connectivity index (χ2v) is 1.98. The van der Waals surface area contributed by atoms with E-state index in [1.165, 1.54) is 0 Å². The van der Waals surface area contributed by atoms with Crippen LogP contribution in [0, 0.1) is 18.3 Å². The summed E-state index contributed by atoms with van der Waals surface area (Å²) in [5, 5.41) is 9.93. The maximum Gasteiger partial charge on any atom is 1.00 e. The molecule has 0 saturated heterocycles. The molecular weight excluding hydrogens is 114 g/mol. The van der Waals surface area contributed by atoms with Crippen molar-refractivity contribution in [1.82, 2.24) is 0 Å². The molecule has 46 valence electrons. The molecule has 0 bridgehead atoms. The quantitative estimate of drug-likeness (QED) is 0.209. The fraction of sp³-hybridized carbons (Fsp3) is 0.714. The Morgan fingerprint density at radius 2 is 2.00 bits per heavy atom. The fourth-order valence-corrected chi connectivity index (χ4v) is 0.477. The third-order valence-electron chi connectivity index (χ3n) is 1.06. The van der Waals surface area contributed by atoms with Crippen molar-refractivity contribution < 1.29 is 42.8 Å². The summed E-state index contributed by atoms with van der Waals surface area (Å²) < 4.78 is 0. The Balaban J connectivity index is -0.000000245. The summed E-state index contributed by atoms with van der Waals surface area (Å²) in [6, 6.07) is 0. The molecule has 0 aromatic heterocycles. The van der Waals surface area contributed by atoms with E-state index in [1.807, 2.05) is 6.92 Å². The molecule has 0 rings (SSSR count). The van der Waals surface area contributed by atoms with Crippen LogP contribution < -0.4 is 42.8 Å². The summed E-state index contributed by atoms with van der Waals surface area (Å²) >= 11 is 0. The van der Waals surface area contributed by atoms with E-state index in [-0.39, 0.29) is 44.3 Å². The van der Waals surface area contributed by atoms with Crippen molar-refractivity contribution >= 4 is 0 Å². The summed E-state index contributed by atoms with van der Waals surface area (Å²) in [4.78, 5) is 0. The van der Waals surface area contributed by atoms with E-state index in [0.29, 0.717) is 18.8 Å². The van der Waals surface area contributed by atoms with Crippen LogP contribution in [0.3, 0.4) is 0 Å². The zero-order chi connectivity index (χ0) is 6.41. The van der Waals surface area contributed by atoms with Gasteiger partial charge in [0.05, 0.1) is 0 Å². The Bertz CT molecular complexity index is 88.1. The normalized spacial score (nSPS) is 10.1. The van der Waals surface area contributed by atoms with Gasteiger partial charge >= 0.3 is 37.7 Å². The standard InChI is InChI=1S/C7H10O.2Li/c1-3-4-7(2)5-6-8;;/h7H,4-6H2,2H3;;/q-2;2*+1/t7-;;/m1../s1. The van der Waals surface area contributed by atoms with Crippen molar-refractivity contribution in [1.29, 1.82) is 0 Å². The van der Waals surface area contributed by atoms with Gasteiger partial charge in [-0.3, -0.25) is 0 Å². The Hall–Kier alpha value is 0.715. The van der Waals surface area contributed by atoms with E-state index in [2.05, 4.69) is 5.92 Å². The Kier molecular flexibility index (Phi) is 21.1. The van der Waals surface area contributed by atoms with E-state index >= 15 is 0 Å². The van der Waals surface area contributed by atoms with Crippen LogP contribution in [0.25, 0.3) is 0 Å². The molecule has 0 aliphatic carbocycles. The van der Waals surface area contributed by atoms with Crippen LogP contribution in [0.2, 0.25) is 0 Å². The molecule has 0 aliphatic rings. The molecule has 0 spiro atoms. The van der Waals surface area contributed by atoms with Crippen LogP contribution in [0.5, 0.6) is 0 Å². The molecule has 0 aliphatic heterocycles. The Morgan fingerprint density at radius 1 is 1.50 bits per heavy atom. The van der Waals surface area contributed by atoms with Gasteiger partial charge in [-0.2, -0.15) is 0 Å². The zero-order valence-corrected chi connectivity index (χ0v) is 7.11. The summed E-state index contributed by atoms with van der Waals surface area (Å²) in [6.45, 7) is 1.93. The van der Waals surface area contributed by atoms with Gasteiger partial charge in [0.25, 0.3) is 0 Å². The summed E-state index contributed by atoms with van der Waals surface area (Å²) in [6.07, 6.45) is 7.86. The maximum atomic E-state index is 9.93. The van der Waals surface area contributed by atoms with E-state index in [9.17, 15) is 5.11 Å². The van der Waals surface area contributed by atoms with Crippen molar-refractivity contribution in [3.8, 4) is 5.92 Å². The van der Waals surface area contributed by atoms with Gasteiger partial charge in [-0.1, -0.05) is 13.3 Å². The van der Waals surface area contributed by atoms with Crippen LogP contribution in [-0.4, -0.2) is 6.61 Å². The molecule has 3 heteroatoms. The van der Waals surface area contributed by atoms with Gasteiger partial charge in [-0.05, 0) is 12.3 Å². The molecule has 10 heavy (non-hydrogen) atoms. The van der Waals surface area contributed by atoms with Crippen LogP contribution >= 0.6 is 0 Å². The molecule has 0 unspecified atom stereocenters. The molecule has 1 atom stereocenters. The molecule has 0 aromatic carbocycles. The third kappa shape index (κ3) is 11.5. The average molecular weight is 124 g/mol. The molecule has 0 N–H and O–H groups in total. The van der Waals surface area contributed by atoms with Gasteiger partial charge in [0.15, 0.2) is 0 Å². The molecule has 0 radical (unpaired) electrons. The first-order valence-electron chi connectivity index (χ1n) is 2.79. The van der Waals surface area contributed by atoms with Crippen molar-refractivity contribution in [3.05, 3.63) is 6.42 Å². The minimum absolute atomic E-state index is 0. The summed E-state index contributed by atoms with van der Waals surface area (Å²) in [7, 11) is 0. The molecule has 0 fully saturated rings. The second-order valence-electron chi connectivity index (χ2n) is 1.98. The largest absolute Gasteiger partial charge is 1.00 e. The molecule has 0 amide bonds. The minimum atomic E-state index is -0.0250. The predicted molar refractivity (Wildman–Crippen MR) is 30.4 cm³/mol. The van der Waals surface area contributed by atoms with E-state index in [4.69, 9.17) is 6.42 Å². The fourth-order valence-electron chi connectivity index (χ4n) is 0.477. The van der Waals surface area contributed by atoms with Crippen LogP contribution in [-0.2, 0) is 0 Å². The zero-order valence-electron chi connectivity index (χ0n) is 7.11. The van der Waals surface area contributed by atoms with Crippen molar-refractivity contribution in [2.75, 3.05) is 6.61 Å².